The van der Waals surface area contributed by atoms with Crippen molar-refractivity contribution >= 4 is 17.7 Å². The molecular weight excluding hydrogens is 753 g/mol. The van der Waals surface area contributed by atoms with Crippen LogP contribution in [0.3, 0.4) is 0 Å². The third kappa shape index (κ3) is 9.74. The molecule has 1 fully saturated rings. The van der Waals surface area contributed by atoms with E-state index >= 15 is 0 Å². The average Bonchev–Trinajstić information content (AvgIpc) is 3.31. The average molecular weight is 799 g/mol. The summed E-state index contributed by atoms with van der Waals surface area (Å²) in [6.45, 7) is 0.591. The molecule has 1 saturated heterocycles. The number of rotatable bonds is 16. The largest absolute Gasteiger partial charge is 0.453 e. The van der Waals surface area contributed by atoms with E-state index in [2.05, 4.69) is 48.5 Å². The first kappa shape index (κ1) is 40.0. The van der Waals surface area contributed by atoms with E-state index in [-0.39, 0.29) is 13.2 Å². The van der Waals surface area contributed by atoms with E-state index in [9.17, 15) is 4.79 Å². The highest BCUT2D eigenvalue weighted by Crippen LogP contribution is 2.43. The second-order valence-electron chi connectivity index (χ2n) is 14.3. The molecule has 296 valence electrons. The fourth-order valence-electron chi connectivity index (χ4n) is 7.52. The molecule has 0 N–H and O–H groups in total. The highest BCUT2D eigenvalue weighted by atomic mass is 32.2. The van der Waals surface area contributed by atoms with E-state index in [1.807, 2.05) is 152 Å². The Morgan fingerprint density at radius 2 is 0.898 bits per heavy atom. The minimum absolute atomic E-state index is 0.0356. The monoisotopic (exact) mass is 798 g/mol. The standard InChI is InChI=1S/C52H46O6S/c53-50(41-26-12-3-13-27-41)58-47-46(38-56-52(42-28-14-4-15-29-42,43-30-16-5-17-31-43)44-32-18-6-19-33-44)57-51(59-45-34-20-7-21-35-45)49(55-37-40-24-10-2-11-25-40)48(47)54-36-39-22-8-1-9-23-39/h1-35,46-49,51H,36-38H2/t46-,47-,48+,49+,51-/m1/s1. The highest BCUT2D eigenvalue weighted by Gasteiger charge is 2.51. The first-order valence-corrected chi connectivity index (χ1v) is 20.8. The maximum atomic E-state index is 14.2. The number of ether oxygens (including phenoxy) is 5. The van der Waals surface area contributed by atoms with Gasteiger partial charge in [-0.05, 0) is 52.1 Å². The summed E-state index contributed by atoms with van der Waals surface area (Å²) in [5, 5.41) is 0. The van der Waals surface area contributed by atoms with Crippen LogP contribution in [0.2, 0.25) is 0 Å². The molecule has 0 aromatic heterocycles. The van der Waals surface area contributed by atoms with Gasteiger partial charge in [-0.15, -0.1) is 0 Å². The van der Waals surface area contributed by atoms with Crippen LogP contribution in [0.1, 0.15) is 38.2 Å². The summed E-state index contributed by atoms with van der Waals surface area (Å²) in [5.41, 5.74) is 3.60. The van der Waals surface area contributed by atoms with Crippen molar-refractivity contribution in [1.82, 2.24) is 0 Å². The summed E-state index contributed by atoms with van der Waals surface area (Å²) in [5.74, 6) is -0.492. The third-order valence-electron chi connectivity index (χ3n) is 10.4. The SMILES string of the molecule is O=C(O[C@H]1[C@H](OCc2ccccc2)[C@H](OCc2ccccc2)[C@@H](Sc2ccccc2)O[C@@H]1COC(c1ccccc1)(c1ccccc1)c1ccccc1)c1ccccc1. The Balaban J connectivity index is 1.23. The second-order valence-corrected chi connectivity index (χ2v) is 15.5. The van der Waals surface area contributed by atoms with E-state index in [4.69, 9.17) is 23.7 Å². The first-order valence-electron chi connectivity index (χ1n) is 19.9. The van der Waals surface area contributed by atoms with Crippen LogP contribution in [0.5, 0.6) is 0 Å². The molecule has 1 aliphatic rings. The molecule has 0 amide bonds. The second kappa shape index (κ2) is 19.8. The molecule has 1 aliphatic heterocycles. The topological polar surface area (TPSA) is 63.2 Å². The van der Waals surface area contributed by atoms with Gasteiger partial charge in [0.2, 0.25) is 0 Å². The summed E-state index contributed by atoms with van der Waals surface area (Å²) < 4.78 is 35.0. The minimum atomic E-state index is -1.05. The van der Waals surface area contributed by atoms with Gasteiger partial charge in [0.25, 0.3) is 0 Å². The van der Waals surface area contributed by atoms with Crippen LogP contribution in [0, 0.1) is 0 Å². The number of benzene rings is 7. The van der Waals surface area contributed by atoms with Crippen molar-refractivity contribution in [3.05, 3.63) is 246 Å². The molecule has 0 saturated carbocycles. The van der Waals surface area contributed by atoms with Gasteiger partial charge in [0.05, 0.1) is 25.4 Å². The smallest absolute Gasteiger partial charge is 0.338 e. The zero-order chi connectivity index (χ0) is 40.1. The van der Waals surface area contributed by atoms with Gasteiger partial charge in [0.1, 0.15) is 29.3 Å². The van der Waals surface area contributed by atoms with Gasteiger partial charge in [0.15, 0.2) is 6.10 Å². The fraction of sp³-hybridized carbons (Fsp3) is 0.173. The van der Waals surface area contributed by atoms with Crippen molar-refractivity contribution in [3.63, 3.8) is 0 Å². The van der Waals surface area contributed by atoms with Gasteiger partial charge in [-0.1, -0.05) is 200 Å². The number of hydrogen-bond donors (Lipinski definition) is 0. The number of esters is 1. The fourth-order valence-corrected chi connectivity index (χ4v) is 8.67. The molecule has 0 bridgehead atoms. The molecule has 0 radical (unpaired) electrons. The predicted molar refractivity (Wildman–Crippen MR) is 232 cm³/mol. The van der Waals surface area contributed by atoms with Crippen LogP contribution in [0.15, 0.2) is 217 Å². The van der Waals surface area contributed by atoms with Gasteiger partial charge in [-0.3, -0.25) is 0 Å². The summed E-state index contributed by atoms with van der Waals surface area (Å²) in [6.07, 6.45) is -3.18. The van der Waals surface area contributed by atoms with Gasteiger partial charge in [0, 0.05) is 4.90 Å². The van der Waals surface area contributed by atoms with Crippen LogP contribution in [-0.4, -0.2) is 42.4 Å². The van der Waals surface area contributed by atoms with Crippen molar-refractivity contribution in [2.24, 2.45) is 0 Å². The van der Waals surface area contributed by atoms with E-state index < -0.39 is 41.4 Å². The van der Waals surface area contributed by atoms with Crippen LogP contribution in [0.25, 0.3) is 0 Å². The van der Waals surface area contributed by atoms with Crippen LogP contribution in [0.4, 0.5) is 0 Å². The lowest BCUT2D eigenvalue weighted by molar-refractivity contribution is -0.244. The number of hydrogen-bond acceptors (Lipinski definition) is 7. The molecule has 1 heterocycles. The zero-order valence-corrected chi connectivity index (χ0v) is 33.4. The Bertz CT molecular complexity index is 2200. The minimum Gasteiger partial charge on any atom is -0.453 e. The lowest BCUT2D eigenvalue weighted by Gasteiger charge is -2.46. The van der Waals surface area contributed by atoms with Crippen molar-refractivity contribution in [3.8, 4) is 0 Å². The lowest BCUT2D eigenvalue weighted by atomic mass is 9.80. The Kier molecular flexibility index (Phi) is 13.4. The summed E-state index contributed by atoms with van der Waals surface area (Å²) in [4.78, 5) is 15.2. The normalized spacial score (nSPS) is 19.2. The lowest BCUT2D eigenvalue weighted by Crippen LogP contribution is -2.61. The van der Waals surface area contributed by atoms with Crippen LogP contribution in [-0.2, 0) is 42.5 Å². The summed E-state index contributed by atoms with van der Waals surface area (Å²) in [6, 6.07) is 69.8. The van der Waals surface area contributed by atoms with Crippen LogP contribution < -0.4 is 0 Å². The van der Waals surface area contributed by atoms with E-state index in [1.54, 1.807) is 23.9 Å². The molecular formula is C52H46O6S. The molecule has 59 heavy (non-hydrogen) atoms. The molecule has 0 unspecified atom stereocenters. The number of thioether (sulfide) groups is 1. The Morgan fingerprint density at radius 1 is 0.492 bits per heavy atom. The summed E-state index contributed by atoms with van der Waals surface area (Å²) in [7, 11) is 0. The van der Waals surface area contributed by atoms with Gasteiger partial charge >= 0.3 is 5.97 Å². The molecule has 7 aromatic carbocycles. The Morgan fingerprint density at radius 3 is 1.37 bits per heavy atom. The molecule has 0 aliphatic carbocycles. The molecule has 7 aromatic rings. The Labute approximate surface area is 350 Å². The quantitative estimate of drug-likeness (QED) is 0.0713. The Hall–Kier alpha value is -5.80. The van der Waals surface area contributed by atoms with Crippen molar-refractivity contribution in [2.45, 2.75) is 53.6 Å². The maximum absolute atomic E-state index is 14.2. The summed E-state index contributed by atoms with van der Waals surface area (Å²) >= 11 is 1.55. The molecule has 8 rings (SSSR count). The highest BCUT2D eigenvalue weighted by molar-refractivity contribution is 7.99. The maximum Gasteiger partial charge on any atom is 0.338 e. The number of carbonyl (C=O) groups excluding carboxylic acids is 1. The van der Waals surface area contributed by atoms with E-state index in [0.717, 1.165) is 32.7 Å². The molecule has 5 atom stereocenters. The molecule has 7 heteroatoms. The zero-order valence-electron chi connectivity index (χ0n) is 32.6. The molecule has 0 spiro atoms. The van der Waals surface area contributed by atoms with E-state index in [1.165, 1.54) is 0 Å². The molecule has 6 nitrogen and oxygen atoms in total. The van der Waals surface area contributed by atoms with Crippen molar-refractivity contribution in [1.29, 1.82) is 0 Å². The van der Waals surface area contributed by atoms with Crippen molar-refractivity contribution < 1.29 is 28.5 Å². The van der Waals surface area contributed by atoms with Crippen molar-refractivity contribution in [2.75, 3.05) is 6.61 Å². The first-order chi connectivity index (χ1) is 29.2. The number of carbonyl (C=O) groups is 1. The predicted octanol–water partition coefficient (Wildman–Crippen LogP) is 10.9. The van der Waals surface area contributed by atoms with Crippen LogP contribution >= 0.6 is 11.8 Å². The van der Waals surface area contributed by atoms with Gasteiger partial charge in [-0.2, -0.15) is 0 Å². The van der Waals surface area contributed by atoms with E-state index in [0.29, 0.717) is 12.2 Å². The van der Waals surface area contributed by atoms with Gasteiger partial charge in [-0.25, -0.2) is 4.79 Å². The third-order valence-corrected chi connectivity index (χ3v) is 11.6. The van der Waals surface area contributed by atoms with Gasteiger partial charge < -0.3 is 23.7 Å².